The number of nitrogens with zero attached hydrogens (tertiary/aromatic N) is 2. The average Bonchev–Trinajstić information content (AvgIpc) is 3.39. The number of likely N-dealkylation sites (tertiary alicyclic amines) is 1. The normalized spacial score (nSPS) is 25.5. The van der Waals surface area contributed by atoms with Crippen LogP contribution in [0.1, 0.15) is 30.5 Å². The number of ether oxygens (including phenoxy) is 2. The predicted molar refractivity (Wildman–Crippen MR) is 102 cm³/mol. The lowest BCUT2D eigenvalue weighted by molar-refractivity contribution is -0.167. The molecular formula is C21H25N3O3. The molecule has 1 spiro atoms. The van der Waals surface area contributed by atoms with Crippen LogP contribution in [0.3, 0.4) is 0 Å². The van der Waals surface area contributed by atoms with Crippen LogP contribution in [0.4, 0.5) is 0 Å². The van der Waals surface area contributed by atoms with Crippen molar-refractivity contribution in [3.8, 4) is 0 Å². The summed E-state index contributed by atoms with van der Waals surface area (Å²) in [6.45, 7) is 2.57. The van der Waals surface area contributed by atoms with Gasteiger partial charge >= 0.3 is 0 Å². The molecule has 0 radical (unpaired) electrons. The van der Waals surface area contributed by atoms with Crippen LogP contribution in [0.2, 0.25) is 0 Å². The fourth-order valence-electron chi connectivity index (χ4n) is 3.96. The van der Waals surface area contributed by atoms with E-state index in [0.29, 0.717) is 19.7 Å². The molecule has 2 fully saturated rings. The van der Waals surface area contributed by atoms with Gasteiger partial charge in [0.1, 0.15) is 5.60 Å². The van der Waals surface area contributed by atoms with E-state index in [1.165, 1.54) is 0 Å². The Balaban J connectivity index is 1.41. The molecule has 2 saturated heterocycles. The maximum Gasteiger partial charge on any atom is 0.246 e. The first-order valence-corrected chi connectivity index (χ1v) is 9.50. The number of hydrogen-bond acceptors (Lipinski definition) is 4. The Kier molecular flexibility index (Phi) is 5.36. The number of nitrogens with one attached hydrogen (secondary N) is 1. The minimum atomic E-state index is -0.384. The van der Waals surface area contributed by atoms with Crippen LogP contribution in [-0.2, 0) is 20.9 Å². The number of hydrogen-bond donors (Lipinski definition) is 1. The van der Waals surface area contributed by atoms with E-state index in [0.717, 1.165) is 37.1 Å². The van der Waals surface area contributed by atoms with Crippen molar-refractivity contribution in [2.75, 3.05) is 19.7 Å². The van der Waals surface area contributed by atoms with Crippen molar-refractivity contribution in [1.29, 1.82) is 0 Å². The molecule has 1 N–H and O–H groups in total. The highest BCUT2D eigenvalue weighted by Crippen LogP contribution is 2.37. The number of H-pyrrole nitrogens is 1. The van der Waals surface area contributed by atoms with Gasteiger partial charge in [-0.3, -0.25) is 4.79 Å². The third-order valence-electron chi connectivity index (χ3n) is 5.37. The Morgan fingerprint density at radius 3 is 3.04 bits per heavy atom. The number of imidazole rings is 1. The lowest BCUT2D eigenvalue weighted by atomic mass is 9.86. The SMILES string of the molecule is O=C(/C=C/c1cnc[nH]1)N1CC[C@H](OCc2ccccc2)[C@]2(CCCO2)C1. The molecule has 27 heavy (non-hydrogen) atoms. The fourth-order valence-corrected chi connectivity index (χ4v) is 3.96. The molecule has 0 bridgehead atoms. The zero-order valence-corrected chi connectivity index (χ0v) is 15.3. The second-order valence-electron chi connectivity index (χ2n) is 7.19. The van der Waals surface area contributed by atoms with Gasteiger partial charge in [0.2, 0.25) is 5.91 Å². The molecule has 2 aliphatic heterocycles. The van der Waals surface area contributed by atoms with E-state index < -0.39 is 0 Å². The molecule has 0 unspecified atom stereocenters. The van der Waals surface area contributed by atoms with Crippen LogP contribution in [0.15, 0.2) is 48.9 Å². The van der Waals surface area contributed by atoms with Crippen molar-refractivity contribution in [3.63, 3.8) is 0 Å². The van der Waals surface area contributed by atoms with Crippen molar-refractivity contribution < 1.29 is 14.3 Å². The van der Waals surface area contributed by atoms with Gasteiger partial charge in [-0.25, -0.2) is 4.98 Å². The molecule has 2 atom stereocenters. The van der Waals surface area contributed by atoms with Crippen molar-refractivity contribution in [2.24, 2.45) is 0 Å². The first-order chi connectivity index (χ1) is 13.3. The van der Waals surface area contributed by atoms with E-state index >= 15 is 0 Å². The molecule has 0 aliphatic carbocycles. The van der Waals surface area contributed by atoms with Crippen molar-refractivity contribution >= 4 is 12.0 Å². The van der Waals surface area contributed by atoms with Gasteiger partial charge in [-0.2, -0.15) is 0 Å². The predicted octanol–water partition coefficient (Wildman–Crippen LogP) is 2.79. The smallest absolute Gasteiger partial charge is 0.246 e. The molecule has 6 heteroatoms. The Hall–Kier alpha value is -2.44. The lowest BCUT2D eigenvalue weighted by Crippen LogP contribution is -2.58. The molecule has 2 aliphatic rings. The van der Waals surface area contributed by atoms with Crippen LogP contribution in [0.25, 0.3) is 6.08 Å². The van der Waals surface area contributed by atoms with Crippen molar-refractivity contribution in [2.45, 2.75) is 37.6 Å². The number of aromatic nitrogens is 2. The molecule has 0 saturated carbocycles. The van der Waals surface area contributed by atoms with E-state index in [2.05, 4.69) is 22.1 Å². The quantitative estimate of drug-likeness (QED) is 0.825. The van der Waals surface area contributed by atoms with E-state index in [4.69, 9.17) is 9.47 Å². The van der Waals surface area contributed by atoms with Gasteiger partial charge in [-0.15, -0.1) is 0 Å². The summed E-state index contributed by atoms with van der Waals surface area (Å²) < 4.78 is 12.4. The zero-order valence-electron chi connectivity index (χ0n) is 15.3. The second kappa shape index (κ2) is 8.06. The number of amides is 1. The summed E-state index contributed by atoms with van der Waals surface area (Å²) in [6.07, 6.45) is 9.39. The number of aromatic amines is 1. The highest BCUT2D eigenvalue weighted by atomic mass is 16.6. The summed E-state index contributed by atoms with van der Waals surface area (Å²) in [6, 6.07) is 10.2. The maximum absolute atomic E-state index is 12.6. The zero-order chi connectivity index (χ0) is 18.5. The highest BCUT2D eigenvalue weighted by Gasteiger charge is 2.48. The van der Waals surface area contributed by atoms with Crippen LogP contribution in [-0.4, -0.2) is 52.2 Å². The van der Waals surface area contributed by atoms with E-state index in [9.17, 15) is 4.79 Å². The molecule has 1 amide bonds. The molecule has 142 valence electrons. The topological polar surface area (TPSA) is 67.5 Å². The van der Waals surface area contributed by atoms with Crippen molar-refractivity contribution in [3.05, 3.63) is 60.2 Å². The average molecular weight is 367 g/mol. The molecule has 6 nitrogen and oxygen atoms in total. The minimum absolute atomic E-state index is 0.000911. The minimum Gasteiger partial charge on any atom is -0.370 e. The fraction of sp³-hybridized carbons (Fsp3) is 0.429. The Labute approximate surface area is 159 Å². The highest BCUT2D eigenvalue weighted by molar-refractivity contribution is 5.91. The van der Waals surface area contributed by atoms with Gasteiger partial charge in [-0.1, -0.05) is 30.3 Å². The standard InChI is InChI=1S/C21H25N3O3/c25-20(8-7-18-13-22-16-23-18)24-11-9-19(21(15-24)10-4-12-27-21)26-14-17-5-2-1-3-6-17/h1-3,5-8,13,16,19H,4,9-12,14-15H2,(H,22,23)/b8-7+/t19-,21-/m0/s1. The van der Waals surface area contributed by atoms with E-state index in [1.807, 2.05) is 23.1 Å². The van der Waals surface area contributed by atoms with Crippen LogP contribution < -0.4 is 0 Å². The number of piperidine rings is 1. The molecule has 3 heterocycles. The van der Waals surface area contributed by atoms with Gasteiger partial charge in [-0.05, 0) is 30.9 Å². The third kappa shape index (κ3) is 4.12. The Morgan fingerprint density at radius 1 is 1.41 bits per heavy atom. The summed E-state index contributed by atoms with van der Waals surface area (Å²) in [5, 5.41) is 0. The molecular weight excluding hydrogens is 342 g/mol. The monoisotopic (exact) mass is 367 g/mol. The second-order valence-corrected chi connectivity index (χ2v) is 7.19. The Morgan fingerprint density at radius 2 is 2.30 bits per heavy atom. The van der Waals surface area contributed by atoms with Gasteiger partial charge in [0.05, 0.1) is 37.5 Å². The van der Waals surface area contributed by atoms with E-state index in [-0.39, 0.29) is 17.6 Å². The van der Waals surface area contributed by atoms with Gasteiger partial charge in [0.25, 0.3) is 0 Å². The van der Waals surface area contributed by atoms with Crippen molar-refractivity contribution in [1.82, 2.24) is 14.9 Å². The summed E-state index contributed by atoms with van der Waals surface area (Å²) in [4.78, 5) is 21.4. The molecule has 4 rings (SSSR count). The summed E-state index contributed by atoms with van der Waals surface area (Å²) in [5.41, 5.74) is 1.59. The van der Waals surface area contributed by atoms with Gasteiger partial charge in [0, 0.05) is 19.2 Å². The van der Waals surface area contributed by atoms with Gasteiger partial charge in [0.15, 0.2) is 0 Å². The number of rotatable bonds is 5. The van der Waals surface area contributed by atoms with Crippen LogP contribution in [0, 0.1) is 0 Å². The number of carbonyl (C=O) groups excluding carboxylic acids is 1. The first-order valence-electron chi connectivity index (χ1n) is 9.50. The van der Waals surface area contributed by atoms with Crippen LogP contribution >= 0.6 is 0 Å². The van der Waals surface area contributed by atoms with Crippen LogP contribution in [0.5, 0.6) is 0 Å². The summed E-state index contributed by atoms with van der Waals surface area (Å²) >= 11 is 0. The molecule has 2 aromatic rings. The maximum atomic E-state index is 12.6. The van der Waals surface area contributed by atoms with Gasteiger partial charge < -0.3 is 19.4 Å². The summed E-state index contributed by atoms with van der Waals surface area (Å²) in [7, 11) is 0. The Bertz CT molecular complexity index is 767. The summed E-state index contributed by atoms with van der Waals surface area (Å²) in [5.74, 6) is 0.000911. The largest absolute Gasteiger partial charge is 0.370 e. The molecule has 1 aromatic heterocycles. The number of benzene rings is 1. The lowest BCUT2D eigenvalue weighted by Gasteiger charge is -2.45. The van der Waals surface area contributed by atoms with E-state index in [1.54, 1.807) is 24.7 Å². The first kappa shape index (κ1) is 17.9. The third-order valence-corrected chi connectivity index (χ3v) is 5.37. The molecule has 1 aromatic carbocycles. The number of carbonyl (C=O) groups is 1.